The number of nitrogens with zero attached hydrogens (tertiary/aromatic N) is 3. The maximum atomic E-state index is 9.55. The van der Waals surface area contributed by atoms with Crippen LogP contribution in [0.2, 0.25) is 0 Å². The second-order valence-corrected chi connectivity index (χ2v) is 5.19. The highest BCUT2D eigenvalue weighted by Crippen LogP contribution is 2.26. The quantitative estimate of drug-likeness (QED) is 0.585. The van der Waals surface area contributed by atoms with Gasteiger partial charge in [-0.1, -0.05) is 0 Å². The summed E-state index contributed by atoms with van der Waals surface area (Å²) in [6.45, 7) is 4.92. The minimum absolute atomic E-state index is 0.239. The van der Waals surface area contributed by atoms with E-state index in [1.54, 1.807) is 6.92 Å². The molecule has 1 saturated heterocycles. The Kier molecular flexibility index (Phi) is 8.68. The van der Waals surface area contributed by atoms with Gasteiger partial charge in [0, 0.05) is 25.2 Å². The number of aliphatic hydroxyl groups is 1. The Balaban J connectivity index is 0.000000307. The van der Waals surface area contributed by atoms with E-state index >= 15 is 0 Å². The second-order valence-electron chi connectivity index (χ2n) is 4.66. The van der Waals surface area contributed by atoms with E-state index in [-0.39, 0.29) is 6.61 Å². The van der Waals surface area contributed by atoms with Crippen LogP contribution in [0.4, 0.5) is 5.82 Å². The average molecular weight is 361 g/mol. The fourth-order valence-corrected chi connectivity index (χ4v) is 2.10. The number of hydrogen-bond donors (Lipinski definition) is 3. The number of carbonyl (C=O) groups is 2. The number of carboxylic acid groups (broad SMARTS) is 2. The van der Waals surface area contributed by atoms with Crippen LogP contribution in [-0.4, -0.2) is 75.0 Å². The van der Waals surface area contributed by atoms with Crippen molar-refractivity contribution in [2.75, 3.05) is 37.8 Å². The average Bonchev–Trinajstić information content (AvgIpc) is 3.01. The van der Waals surface area contributed by atoms with Crippen LogP contribution in [0.1, 0.15) is 6.92 Å². The summed E-state index contributed by atoms with van der Waals surface area (Å²) >= 11 is 1.12. The molecule has 0 aliphatic carbocycles. The molecule has 10 nitrogen and oxygen atoms in total. The van der Waals surface area contributed by atoms with E-state index < -0.39 is 18.0 Å². The minimum Gasteiger partial charge on any atom is -0.478 e. The highest BCUT2D eigenvalue weighted by molar-refractivity contribution is 6.99. The van der Waals surface area contributed by atoms with Gasteiger partial charge in [-0.25, -0.2) is 9.59 Å². The van der Waals surface area contributed by atoms with Crippen LogP contribution in [0.3, 0.4) is 0 Å². The first-order valence-electron chi connectivity index (χ1n) is 7.00. The Morgan fingerprint density at radius 2 is 1.88 bits per heavy atom. The SMILES string of the molecule is CC(O)COc1nsnc1N1CCOCC1.O=C(O)/C=C\C(=O)O. The lowest BCUT2D eigenvalue weighted by atomic mass is 10.4. The molecule has 134 valence electrons. The Hall–Kier alpha value is -2.24. The molecule has 1 aliphatic heterocycles. The molecule has 24 heavy (non-hydrogen) atoms. The third-order valence-corrected chi connectivity index (χ3v) is 3.08. The number of anilines is 1. The molecule has 2 heterocycles. The molecule has 1 aromatic heterocycles. The first-order chi connectivity index (χ1) is 11.4. The van der Waals surface area contributed by atoms with Crippen LogP contribution in [0.5, 0.6) is 5.88 Å². The van der Waals surface area contributed by atoms with E-state index in [0.29, 0.717) is 31.2 Å². The van der Waals surface area contributed by atoms with E-state index in [1.807, 2.05) is 0 Å². The summed E-state index contributed by atoms with van der Waals surface area (Å²) in [4.78, 5) is 21.2. The summed E-state index contributed by atoms with van der Waals surface area (Å²) in [6.07, 6.45) is 0.615. The van der Waals surface area contributed by atoms with Gasteiger partial charge in [-0.05, 0) is 6.92 Å². The lowest BCUT2D eigenvalue weighted by Gasteiger charge is -2.26. The largest absolute Gasteiger partial charge is 0.478 e. The lowest BCUT2D eigenvalue weighted by molar-refractivity contribution is -0.134. The van der Waals surface area contributed by atoms with Crippen molar-refractivity contribution in [2.45, 2.75) is 13.0 Å². The van der Waals surface area contributed by atoms with Crippen LogP contribution in [0, 0.1) is 0 Å². The highest BCUT2D eigenvalue weighted by Gasteiger charge is 2.19. The van der Waals surface area contributed by atoms with Crippen molar-refractivity contribution >= 4 is 29.5 Å². The molecule has 0 amide bonds. The first-order valence-corrected chi connectivity index (χ1v) is 7.73. The number of ether oxygens (including phenoxy) is 2. The molecule has 0 aromatic carbocycles. The monoisotopic (exact) mass is 361 g/mol. The normalized spacial score (nSPS) is 15.5. The summed E-state index contributed by atoms with van der Waals surface area (Å²) in [5.74, 6) is -1.25. The molecule has 3 N–H and O–H groups in total. The van der Waals surface area contributed by atoms with E-state index in [1.165, 1.54) is 0 Å². The Labute approximate surface area is 142 Å². The summed E-state index contributed by atoms with van der Waals surface area (Å²) in [6, 6.07) is 0. The van der Waals surface area contributed by atoms with Gasteiger partial charge in [0.15, 0.2) is 0 Å². The predicted molar refractivity (Wildman–Crippen MR) is 84.5 cm³/mol. The third kappa shape index (κ3) is 7.85. The lowest BCUT2D eigenvalue weighted by Crippen LogP contribution is -2.36. The predicted octanol–water partition coefficient (Wildman–Crippen LogP) is -0.154. The van der Waals surface area contributed by atoms with Crippen molar-refractivity contribution in [2.24, 2.45) is 0 Å². The van der Waals surface area contributed by atoms with Gasteiger partial charge < -0.3 is 29.7 Å². The fourth-order valence-electron chi connectivity index (χ4n) is 1.58. The number of hydrogen-bond acceptors (Lipinski definition) is 9. The van der Waals surface area contributed by atoms with E-state index in [4.69, 9.17) is 24.8 Å². The fraction of sp³-hybridized carbons (Fsp3) is 0.538. The molecule has 1 aromatic rings. The van der Waals surface area contributed by atoms with Crippen LogP contribution < -0.4 is 9.64 Å². The Morgan fingerprint density at radius 3 is 2.38 bits per heavy atom. The molecule has 0 radical (unpaired) electrons. The smallest absolute Gasteiger partial charge is 0.328 e. The van der Waals surface area contributed by atoms with Crippen LogP contribution in [0.25, 0.3) is 0 Å². The zero-order chi connectivity index (χ0) is 17.9. The molecule has 1 unspecified atom stereocenters. The zero-order valence-corrected chi connectivity index (χ0v) is 13.8. The van der Waals surface area contributed by atoms with Gasteiger partial charge >= 0.3 is 11.9 Å². The molecule has 1 aliphatic rings. The van der Waals surface area contributed by atoms with Gasteiger partial charge in [-0.15, -0.1) is 4.37 Å². The van der Waals surface area contributed by atoms with Gasteiger partial charge in [0.1, 0.15) is 6.61 Å². The second kappa shape index (κ2) is 10.5. The summed E-state index contributed by atoms with van der Waals surface area (Å²) < 4.78 is 19.0. The number of aliphatic carboxylic acids is 2. The summed E-state index contributed by atoms with van der Waals surface area (Å²) in [7, 11) is 0. The number of carboxylic acids is 2. The van der Waals surface area contributed by atoms with E-state index in [0.717, 1.165) is 30.6 Å². The molecule has 0 bridgehead atoms. The zero-order valence-electron chi connectivity index (χ0n) is 13.0. The van der Waals surface area contributed by atoms with Crippen molar-refractivity contribution in [3.8, 4) is 5.88 Å². The van der Waals surface area contributed by atoms with Gasteiger partial charge in [0.2, 0.25) is 5.82 Å². The minimum atomic E-state index is -1.26. The van der Waals surface area contributed by atoms with Crippen molar-refractivity contribution < 1.29 is 34.4 Å². The van der Waals surface area contributed by atoms with Gasteiger partial charge in [-0.2, -0.15) is 4.37 Å². The number of aliphatic hydroxyl groups excluding tert-OH is 1. The van der Waals surface area contributed by atoms with Crippen LogP contribution in [-0.2, 0) is 14.3 Å². The molecular weight excluding hydrogens is 342 g/mol. The maximum absolute atomic E-state index is 9.55. The van der Waals surface area contributed by atoms with Crippen molar-refractivity contribution in [3.63, 3.8) is 0 Å². The van der Waals surface area contributed by atoms with Crippen LogP contribution in [0.15, 0.2) is 12.2 Å². The maximum Gasteiger partial charge on any atom is 0.328 e. The summed E-state index contributed by atoms with van der Waals surface area (Å²) in [5, 5.41) is 24.8. The molecule has 0 spiro atoms. The molecular formula is C13H19N3O7S. The molecule has 1 atom stereocenters. The molecule has 11 heteroatoms. The first kappa shape index (κ1) is 19.8. The van der Waals surface area contributed by atoms with E-state index in [2.05, 4.69) is 13.6 Å². The Bertz CT molecular complexity index is 540. The van der Waals surface area contributed by atoms with Gasteiger partial charge in [-0.3, -0.25) is 0 Å². The van der Waals surface area contributed by atoms with Crippen LogP contribution >= 0.6 is 11.7 Å². The molecule has 2 rings (SSSR count). The van der Waals surface area contributed by atoms with Crippen molar-refractivity contribution in [1.29, 1.82) is 0 Å². The van der Waals surface area contributed by atoms with Crippen molar-refractivity contribution in [3.05, 3.63) is 12.2 Å². The third-order valence-electron chi connectivity index (χ3n) is 2.58. The number of rotatable bonds is 6. The number of aromatic nitrogens is 2. The van der Waals surface area contributed by atoms with Gasteiger partial charge in [0.05, 0.1) is 31.0 Å². The molecule has 0 saturated carbocycles. The standard InChI is InChI=1S/C9H15N3O3S.C4H4O4/c1-7(13)6-15-9-8(10-16-11-9)12-2-4-14-5-3-12;5-3(6)1-2-4(7)8/h7,13H,2-6H2,1H3;1-2H,(H,5,6)(H,7,8)/b;2-1-. The Morgan fingerprint density at radius 1 is 1.29 bits per heavy atom. The molecule has 1 fully saturated rings. The topological polar surface area (TPSA) is 142 Å². The van der Waals surface area contributed by atoms with Crippen molar-refractivity contribution in [1.82, 2.24) is 8.75 Å². The van der Waals surface area contributed by atoms with E-state index in [9.17, 15) is 9.59 Å². The highest BCUT2D eigenvalue weighted by atomic mass is 32.1. The summed E-state index contributed by atoms with van der Waals surface area (Å²) in [5.41, 5.74) is 0. The van der Waals surface area contributed by atoms with Gasteiger partial charge in [0.25, 0.3) is 5.88 Å². The number of morpholine rings is 1.